The summed E-state index contributed by atoms with van der Waals surface area (Å²) in [5.74, 6) is -0.0200. The van der Waals surface area contributed by atoms with Gasteiger partial charge in [-0.25, -0.2) is 0 Å². The Labute approximate surface area is 218 Å². The van der Waals surface area contributed by atoms with Gasteiger partial charge in [0, 0.05) is 18.2 Å². The molecule has 0 aliphatic heterocycles. The summed E-state index contributed by atoms with van der Waals surface area (Å²) in [6.45, 7) is 0.932. The summed E-state index contributed by atoms with van der Waals surface area (Å²) >= 11 is 5.23. The third-order valence-electron chi connectivity index (χ3n) is 5.34. The Morgan fingerprint density at radius 1 is 0.750 bits per heavy atom. The van der Waals surface area contributed by atoms with Gasteiger partial charge in [-0.1, -0.05) is 66.7 Å². The molecular weight excluding hydrogens is 472 g/mol. The number of benzene rings is 3. The fraction of sp³-hybridized carbons (Fsp3) is 0.276. The van der Waals surface area contributed by atoms with Crippen molar-refractivity contribution in [1.82, 2.24) is 5.32 Å². The van der Waals surface area contributed by atoms with Crippen LogP contribution in [0.4, 0.5) is 5.69 Å². The van der Waals surface area contributed by atoms with Crippen LogP contribution in [0.2, 0.25) is 0 Å². The number of hydrogen-bond donors (Lipinski definition) is 2. The summed E-state index contributed by atoms with van der Waals surface area (Å²) in [6.07, 6.45) is 3.46. The molecule has 1 amide bonds. The van der Waals surface area contributed by atoms with Crippen molar-refractivity contribution in [2.75, 3.05) is 18.5 Å². The van der Waals surface area contributed by atoms with E-state index >= 15 is 0 Å². The molecule has 0 fully saturated rings. The Balaban J connectivity index is 1.28. The number of rotatable bonds is 13. The van der Waals surface area contributed by atoms with Crippen molar-refractivity contribution in [3.8, 4) is 5.75 Å². The fourth-order valence-corrected chi connectivity index (χ4v) is 3.75. The van der Waals surface area contributed by atoms with Crippen LogP contribution in [0.3, 0.4) is 0 Å². The highest BCUT2D eigenvalue weighted by Crippen LogP contribution is 2.18. The van der Waals surface area contributed by atoms with Crippen LogP contribution in [-0.2, 0) is 27.2 Å². The maximum Gasteiger partial charge on any atom is 0.306 e. The van der Waals surface area contributed by atoms with Gasteiger partial charge in [-0.3, -0.25) is 9.59 Å². The number of thiocarbonyl (C=S) groups is 1. The predicted octanol–water partition coefficient (Wildman–Crippen LogP) is 5.47. The lowest BCUT2D eigenvalue weighted by Gasteiger charge is -2.11. The molecule has 0 unspecified atom stereocenters. The van der Waals surface area contributed by atoms with Gasteiger partial charge in [0.1, 0.15) is 5.75 Å². The highest BCUT2D eigenvalue weighted by molar-refractivity contribution is 7.80. The monoisotopic (exact) mass is 504 g/mol. The zero-order valence-corrected chi connectivity index (χ0v) is 21.1. The van der Waals surface area contributed by atoms with Crippen LogP contribution in [0.15, 0.2) is 84.9 Å². The van der Waals surface area contributed by atoms with Crippen molar-refractivity contribution in [2.45, 2.75) is 38.5 Å². The molecule has 3 rings (SSSR count). The summed E-state index contributed by atoms with van der Waals surface area (Å²) in [6, 6.07) is 27.7. The number of hydrogen-bond acceptors (Lipinski definition) is 5. The van der Waals surface area contributed by atoms with Crippen molar-refractivity contribution < 1.29 is 19.1 Å². The van der Waals surface area contributed by atoms with E-state index in [1.807, 2.05) is 72.8 Å². The van der Waals surface area contributed by atoms with Gasteiger partial charge >= 0.3 is 5.97 Å². The molecule has 0 saturated heterocycles. The summed E-state index contributed by atoms with van der Waals surface area (Å²) < 4.78 is 11.1. The van der Waals surface area contributed by atoms with E-state index in [0.717, 1.165) is 31.4 Å². The molecule has 0 atom stereocenters. The number of esters is 1. The maximum atomic E-state index is 12.2. The van der Waals surface area contributed by atoms with E-state index < -0.39 is 5.97 Å². The molecule has 0 bridgehead atoms. The van der Waals surface area contributed by atoms with Crippen LogP contribution in [0.5, 0.6) is 5.75 Å². The molecule has 0 radical (unpaired) electrons. The van der Waals surface area contributed by atoms with E-state index in [0.29, 0.717) is 18.9 Å². The van der Waals surface area contributed by atoms with Crippen LogP contribution >= 0.6 is 12.2 Å². The molecule has 2 N–H and O–H groups in total. The molecule has 3 aromatic carbocycles. The van der Waals surface area contributed by atoms with E-state index in [9.17, 15) is 9.59 Å². The first-order valence-electron chi connectivity index (χ1n) is 12.2. The first kappa shape index (κ1) is 26.9. The number of carbonyl (C=O) groups is 2. The van der Waals surface area contributed by atoms with Crippen LogP contribution in [0.1, 0.15) is 36.8 Å². The van der Waals surface area contributed by atoms with E-state index in [-0.39, 0.29) is 23.9 Å². The molecule has 7 heteroatoms. The quantitative estimate of drug-likeness (QED) is 0.183. The summed E-state index contributed by atoms with van der Waals surface area (Å²) in [5, 5.41) is 5.74. The Morgan fingerprint density at radius 2 is 1.39 bits per heavy atom. The second-order valence-corrected chi connectivity index (χ2v) is 8.69. The van der Waals surface area contributed by atoms with Crippen molar-refractivity contribution in [3.05, 3.63) is 96.1 Å². The topological polar surface area (TPSA) is 76.7 Å². The van der Waals surface area contributed by atoms with Crippen molar-refractivity contribution >= 4 is 34.9 Å². The van der Waals surface area contributed by atoms with Crippen molar-refractivity contribution in [2.24, 2.45) is 0 Å². The van der Waals surface area contributed by atoms with Gasteiger partial charge in [0.2, 0.25) is 5.91 Å². The Morgan fingerprint density at radius 3 is 2.06 bits per heavy atom. The van der Waals surface area contributed by atoms with Gasteiger partial charge in [-0.2, -0.15) is 0 Å². The number of nitrogens with one attached hydrogen (secondary N) is 2. The molecule has 6 nitrogen and oxygen atoms in total. The van der Waals surface area contributed by atoms with Gasteiger partial charge in [0.05, 0.1) is 19.6 Å². The minimum absolute atomic E-state index is 0.00387. The average Bonchev–Trinajstić information content (AvgIpc) is 2.89. The Kier molecular flexibility index (Phi) is 11.4. The molecule has 36 heavy (non-hydrogen) atoms. The molecular formula is C29H32N2O4S. The average molecular weight is 505 g/mol. The lowest BCUT2D eigenvalue weighted by Crippen LogP contribution is -2.34. The highest BCUT2D eigenvalue weighted by atomic mass is 32.1. The zero-order chi connectivity index (χ0) is 25.4. The number of anilines is 1. The smallest absolute Gasteiger partial charge is 0.306 e. The standard InChI is InChI=1S/C29H32N2O4S/c32-27(18-19-28(33)35-21-9-15-24-12-5-2-6-13-24)31-29(36)30-25-16-7-17-26(22-25)34-20-8-14-23-10-3-1-4-11-23/h1-7,10-13,16-17,22H,8-9,14-15,18-21H2,(H2,30,31,32,36). The van der Waals surface area contributed by atoms with Crippen LogP contribution < -0.4 is 15.4 Å². The normalized spacial score (nSPS) is 10.3. The molecule has 0 aliphatic carbocycles. The van der Waals surface area contributed by atoms with Gasteiger partial charge in [0.15, 0.2) is 5.11 Å². The Hall–Kier alpha value is -3.71. The molecule has 3 aromatic rings. The van der Waals surface area contributed by atoms with E-state index in [4.69, 9.17) is 21.7 Å². The van der Waals surface area contributed by atoms with E-state index in [1.54, 1.807) is 0 Å². The lowest BCUT2D eigenvalue weighted by atomic mass is 10.1. The van der Waals surface area contributed by atoms with Crippen molar-refractivity contribution in [1.29, 1.82) is 0 Å². The SMILES string of the molecule is O=C(CCC(=O)OCCCc1ccccc1)NC(=S)Nc1cccc(OCCCc2ccccc2)c1. The number of aryl methyl sites for hydroxylation is 2. The van der Waals surface area contributed by atoms with Gasteiger partial charge in [-0.15, -0.1) is 0 Å². The minimum Gasteiger partial charge on any atom is -0.494 e. The van der Waals surface area contributed by atoms with Gasteiger partial charge in [-0.05, 0) is 61.2 Å². The summed E-state index contributed by atoms with van der Waals surface area (Å²) in [5.41, 5.74) is 3.20. The molecule has 0 heterocycles. The summed E-state index contributed by atoms with van der Waals surface area (Å²) in [7, 11) is 0. The lowest BCUT2D eigenvalue weighted by molar-refractivity contribution is -0.145. The Bertz CT molecular complexity index is 1110. The largest absolute Gasteiger partial charge is 0.494 e. The molecule has 0 saturated carbocycles. The van der Waals surface area contributed by atoms with Crippen LogP contribution in [-0.4, -0.2) is 30.2 Å². The van der Waals surface area contributed by atoms with Crippen LogP contribution in [0, 0.1) is 0 Å². The van der Waals surface area contributed by atoms with Gasteiger partial charge in [0.25, 0.3) is 0 Å². The molecule has 0 aliphatic rings. The van der Waals surface area contributed by atoms with E-state index in [1.165, 1.54) is 11.1 Å². The fourth-order valence-electron chi connectivity index (χ4n) is 3.52. The third-order valence-corrected chi connectivity index (χ3v) is 5.54. The highest BCUT2D eigenvalue weighted by Gasteiger charge is 2.10. The first-order chi connectivity index (χ1) is 17.6. The minimum atomic E-state index is -0.394. The molecule has 188 valence electrons. The second-order valence-electron chi connectivity index (χ2n) is 8.28. The number of carbonyl (C=O) groups excluding carboxylic acids is 2. The number of ether oxygens (including phenoxy) is 2. The summed E-state index contributed by atoms with van der Waals surface area (Å²) in [4.78, 5) is 24.0. The van der Waals surface area contributed by atoms with E-state index in [2.05, 4.69) is 22.8 Å². The molecule has 0 aromatic heterocycles. The second kappa shape index (κ2) is 15.3. The van der Waals surface area contributed by atoms with Crippen LogP contribution in [0.25, 0.3) is 0 Å². The van der Waals surface area contributed by atoms with Crippen molar-refractivity contribution in [3.63, 3.8) is 0 Å². The molecule has 0 spiro atoms. The number of amides is 1. The first-order valence-corrected chi connectivity index (χ1v) is 12.6. The maximum absolute atomic E-state index is 12.2. The van der Waals surface area contributed by atoms with Gasteiger partial charge < -0.3 is 20.1 Å². The predicted molar refractivity (Wildman–Crippen MR) is 146 cm³/mol. The third kappa shape index (κ3) is 10.7. The zero-order valence-electron chi connectivity index (χ0n) is 20.3.